The van der Waals surface area contributed by atoms with Crippen molar-refractivity contribution in [2.75, 3.05) is 6.54 Å². The maximum absolute atomic E-state index is 6.10. The molecule has 2 aliphatic rings. The molecule has 1 fully saturated rings. The van der Waals surface area contributed by atoms with Gasteiger partial charge in [0.2, 0.25) is 0 Å². The van der Waals surface area contributed by atoms with Crippen LogP contribution < -0.4 is 5.73 Å². The molecule has 104 valence electrons. The van der Waals surface area contributed by atoms with Crippen LogP contribution in [-0.2, 0) is 0 Å². The van der Waals surface area contributed by atoms with Crippen molar-refractivity contribution in [2.24, 2.45) is 10.7 Å². The SMILES string of the molecule is CC(C)n1cc(C2CN=C(N)N2C2CCCC2)cn1. The molecule has 5 heteroatoms. The van der Waals surface area contributed by atoms with E-state index in [-0.39, 0.29) is 6.04 Å². The van der Waals surface area contributed by atoms with E-state index in [0.29, 0.717) is 18.0 Å². The van der Waals surface area contributed by atoms with Crippen molar-refractivity contribution in [2.45, 2.75) is 57.7 Å². The molecule has 1 aromatic heterocycles. The molecule has 2 heterocycles. The zero-order chi connectivity index (χ0) is 13.4. The van der Waals surface area contributed by atoms with Gasteiger partial charge in [-0.1, -0.05) is 12.8 Å². The average molecular weight is 261 g/mol. The fourth-order valence-electron chi connectivity index (χ4n) is 3.21. The highest BCUT2D eigenvalue weighted by Crippen LogP contribution is 2.34. The van der Waals surface area contributed by atoms with E-state index in [2.05, 4.69) is 35.0 Å². The Morgan fingerprint density at radius 2 is 2.05 bits per heavy atom. The van der Waals surface area contributed by atoms with Gasteiger partial charge in [-0.2, -0.15) is 5.10 Å². The molecule has 3 rings (SSSR count). The van der Waals surface area contributed by atoms with E-state index >= 15 is 0 Å². The average Bonchev–Trinajstić information content (AvgIpc) is 3.07. The monoisotopic (exact) mass is 261 g/mol. The predicted octanol–water partition coefficient (Wildman–Crippen LogP) is 2.08. The molecule has 1 aliphatic carbocycles. The largest absolute Gasteiger partial charge is 0.370 e. The number of nitrogens with two attached hydrogens (primary N) is 1. The van der Waals surface area contributed by atoms with Crippen molar-refractivity contribution in [3.05, 3.63) is 18.0 Å². The van der Waals surface area contributed by atoms with E-state index in [1.165, 1.54) is 31.2 Å². The Morgan fingerprint density at radius 3 is 2.68 bits per heavy atom. The molecule has 0 spiro atoms. The van der Waals surface area contributed by atoms with E-state index < -0.39 is 0 Å². The highest BCUT2D eigenvalue weighted by molar-refractivity contribution is 5.80. The van der Waals surface area contributed by atoms with Gasteiger partial charge in [-0.05, 0) is 26.7 Å². The predicted molar refractivity (Wildman–Crippen MR) is 75.9 cm³/mol. The molecular weight excluding hydrogens is 238 g/mol. The molecule has 1 unspecified atom stereocenters. The van der Waals surface area contributed by atoms with Crippen molar-refractivity contribution in [3.63, 3.8) is 0 Å². The third-order valence-electron chi connectivity index (χ3n) is 4.28. The van der Waals surface area contributed by atoms with Crippen molar-refractivity contribution in [1.82, 2.24) is 14.7 Å². The minimum atomic E-state index is 0.288. The first-order valence-electron chi connectivity index (χ1n) is 7.29. The molecule has 1 atom stereocenters. The zero-order valence-electron chi connectivity index (χ0n) is 11.8. The lowest BCUT2D eigenvalue weighted by atomic mass is 10.1. The van der Waals surface area contributed by atoms with E-state index in [1.54, 1.807) is 0 Å². The summed E-state index contributed by atoms with van der Waals surface area (Å²) < 4.78 is 2.01. The van der Waals surface area contributed by atoms with E-state index in [9.17, 15) is 0 Å². The van der Waals surface area contributed by atoms with Gasteiger partial charge in [-0.3, -0.25) is 9.67 Å². The van der Waals surface area contributed by atoms with Crippen LogP contribution in [0, 0.1) is 0 Å². The van der Waals surface area contributed by atoms with Gasteiger partial charge in [-0.15, -0.1) is 0 Å². The molecule has 0 saturated heterocycles. The topological polar surface area (TPSA) is 59.4 Å². The van der Waals surface area contributed by atoms with Gasteiger partial charge < -0.3 is 10.6 Å². The van der Waals surface area contributed by atoms with Crippen LogP contribution in [0.5, 0.6) is 0 Å². The molecule has 1 aromatic rings. The number of hydrogen-bond acceptors (Lipinski definition) is 4. The molecule has 0 aromatic carbocycles. The molecule has 1 saturated carbocycles. The summed E-state index contributed by atoms with van der Waals surface area (Å²) in [6.45, 7) is 5.06. The Hall–Kier alpha value is -1.52. The van der Waals surface area contributed by atoms with E-state index in [1.807, 2.05) is 10.9 Å². The van der Waals surface area contributed by atoms with Crippen LogP contribution in [0.4, 0.5) is 0 Å². The van der Waals surface area contributed by atoms with Crippen LogP contribution in [-0.4, -0.2) is 33.2 Å². The number of aromatic nitrogens is 2. The van der Waals surface area contributed by atoms with Crippen LogP contribution in [0.15, 0.2) is 17.4 Å². The van der Waals surface area contributed by atoms with Crippen LogP contribution in [0.2, 0.25) is 0 Å². The van der Waals surface area contributed by atoms with Gasteiger partial charge in [0.1, 0.15) is 0 Å². The second kappa shape index (κ2) is 4.87. The fraction of sp³-hybridized carbons (Fsp3) is 0.714. The number of guanidine groups is 1. The highest BCUT2D eigenvalue weighted by atomic mass is 15.4. The smallest absolute Gasteiger partial charge is 0.192 e. The van der Waals surface area contributed by atoms with Gasteiger partial charge >= 0.3 is 0 Å². The van der Waals surface area contributed by atoms with Crippen LogP contribution in [0.25, 0.3) is 0 Å². The molecule has 0 amide bonds. The Kier molecular flexibility index (Phi) is 3.21. The van der Waals surface area contributed by atoms with Gasteiger partial charge in [0.05, 0.1) is 18.8 Å². The minimum Gasteiger partial charge on any atom is -0.370 e. The lowest BCUT2D eigenvalue weighted by Gasteiger charge is -2.31. The summed E-state index contributed by atoms with van der Waals surface area (Å²) in [6, 6.07) is 1.25. The first kappa shape index (κ1) is 12.5. The first-order valence-corrected chi connectivity index (χ1v) is 7.29. The lowest BCUT2D eigenvalue weighted by Crippen LogP contribution is -2.42. The summed E-state index contributed by atoms with van der Waals surface area (Å²) in [6.07, 6.45) is 9.22. The van der Waals surface area contributed by atoms with E-state index in [0.717, 1.165) is 6.54 Å². The van der Waals surface area contributed by atoms with Crippen LogP contribution >= 0.6 is 0 Å². The van der Waals surface area contributed by atoms with Crippen molar-refractivity contribution in [3.8, 4) is 0 Å². The summed E-state index contributed by atoms with van der Waals surface area (Å²) in [4.78, 5) is 6.79. The third kappa shape index (κ3) is 2.22. The Morgan fingerprint density at radius 1 is 1.32 bits per heavy atom. The van der Waals surface area contributed by atoms with Gasteiger partial charge in [0, 0.05) is 23.8 Å². The highest BCUT2D eigenvalue weighted by Gasteiger charge is 2.35. The molecular formula is C14H23N5. The summed E-state index contributed by atoms with van der Waals surface area (Å²) in [5, 5.41) is 4.44. The standard InChI is InChI=1S/C14H23N5/c1-10(2)18-9-11(7-17-18)13-8-16-14(15)19(13)12-5-3-4-6-12/h7,9-10,12-13H,3-6,8H2,1-2H3,(H2,15,16). The van der Waals surface area contributed by atoms with Crippen molar-refractivity contribution in [1.29, 1.82) is 0 Å². The quantitative estimate of drug-likeness (QED) is 0.906. The Balaban J connectivity index is 1.82. The number of rotatable bonds is 3. The normalized spacial score (nSPS) is 24.5. The van der Waals surface area contributed by atoms with Gasteiger partial charge in [0.25, 0.3) is 0 Å². The van der Waals surface area contributed by atoms with Crippen LogP contribution in [0.3, 0.4) is 0 Å². The second-order valence-electron chi connectivity index (χ2n) is 5.91. The molecule has 5 nitrogen and oxygen atoms in total. The zero-order valence-corrected chi connectivity index (χ0v) is 11.8. The van der Waals surface area contributed by atoms with Gasteiger partial charge in [0.15, 0.2) is 5.96 Å². The maximum Gasteiger partial charge on any atom is 0.192 e. The first-order chi connectivity index (χ1) is 9.16. The number of hydrogen-bond donors (Lipinski definition) is 1. The molecule has 0 radical (unpaired) electrons. The maximum atomic E-state index is 6.10. The van der Waals surface area contributed by atoms with Crippen LogP contribution in [0.1, 0.15) is 57.2 Å². The van der Waals surface area contributed by atoms with Crippen molar-refractivity contribution < 1.29 is 0 Å². The van der Waals surface area contributed by atoms with E-state index in [4.69, 9.17) is 5.73 Å². The molecule has 2 N–H and O–H groups in total. The number of nitrogens with zero attached hydrogens (tertiary/aromatic N) is 4. The summed E-state index contributed by atoms with van der Waals surface area (Å²) in [7, 11) is 0. The molecule has 0 bridgehead atoms. The third-order valence-corrected chi connectivity index (χ3v) is 4.28. The number of aliphatic imine (C=N–C) groups is 1. The second-order valence-corrected chi connectivity index (χ2v) is 5.91. The Bertz CT molecular complexity index is 470. The minimum absolute atomic E-state index is 0.288. The Labute approximate surface area is 114 Å². The summed E-state index contributed by atoms with van der Waals surface area (Å²) >= 11 is 0. The van der Waals surface area contributed by atoms with Crippen molar-refractivity contribution >= 4 is 5.96 Å². The summed E-state index contributed by atoms with van der Waals surface area (Å²) in [5.74, 6) is 0.717. The summed E-state index contributed by atoms with van der Waals surface area (Å²) in [5.41, 5.74) is 7.34. The lowest BCUT2D eigenvalue weighted by molar-refractivity contribution is 0.262. The molecule has 19 heavy (non-hydrogen) atoms. The van der Waals surface area contributed by atoms with Gasteiger partial charge in [-0.25, -0.2) is 0 Å². The fourth-order valence-corrected chi connectivity index (χ4v) is 3.21. The molecule has 1 aliphatic heterocycles.